The molecular formula is C24H24ClNO3. The van der Waals surface area contributed by atoms with Crippen molar-refractivity contribution in [3.05, 3.63) is 81.6 Å². The van der Waals surface area contributed by atoms with Gasteiger partial charge >= 0.3 is 5.97 Å². The summed E-state index contributed by atoms with van der Waals surface area (Å²) in [4.78, 5) is 16.6. The molecule has 4 nitrogen and oxygen atoms in total. The number of carbonyl (C=O) groups is 1. The fourth-order valence-electron chi connectivity index (χ4n) is 3.18. The van der Waals surface area contributed by atoms with E-state index in [0.717, 1.165) is 35.2 Å². The van der Waals surface area contributed by atoms with E-state index >= 15 is 0 Å². The highest BCUT2D eigenvalue weighted by atomic mass is 35.5. The number of carboxylic acid groups (broad SMARTS) is 1. The van der Waals surface area contributed by atoms with Gasteiger partial charge in [0.1, 0.15) is 12.4 Å². The lowest BCUT2D eigenvalue weighted by Crippen LogP contribution is -2.11. The van der Waals surface area contributed by atoms with E-state index in [9.17, 15) is 9.90 Å². The summed E-state index contributed by atoms with van der Waals surface area (Å²) in [6, 6.07) is 14.9. The van der Waals surface area contributed by atoms with Gasteiger partial charge in [-0.1, -0.05) is 43.1 Å². The number of halogens is 1. The van der Waals surface area contributed by atoms with E-state index in [4.69, 9.17) is 21.3 Å². The molecule has 0 unspecified atom stereocenters. The van der Waals surface area contributed by atoms with Gasteiger partial charge in [-0.25, -0.2) is 4.79 Å². The van der Waals surface area contributed by atoms with Crippen molar-refractivity contribution in [3.8, 4) is 16.9 Å². The van der Waals surface area contributed by atoms with Gasteiger partial charge in [-0.05, 0) is 67.3 Å². The molecule has 29 heavy (non-hydrogen) atoms. The van der Waals surface area contributed by atoms with Crippen LogP contribution in [-0.2, 0) is 13.0 Å². The summed E-state index contributed by atoms with van der Waals surface area (Å²) in [5, 5.41) is 10.4. The topological polar surface area (TPSA) is 59.4 Å². The highest BCUT2D eigenvalue weighted by Gasteiger charge is 2.18. The van der Waals surface area contributed by atoms with Crippen LogP contribution in [0.5, 0.6) is 5.75 Å². The maximum atomic E-state index is 11.9. The van der Waals surface area contributed by atoms with Gasteiger partial charge in [0.2, 0.25) is 0 Å². The molecule has 0 spiro atoms. The molecule has 3 rings (SSSR count). The second kappa shape index (κ2) is 9.10. The molecule has 0 radical (unpaired) electrons. The number of carboxylic acids is 1. The lowest BCUT2D eigenvalue weighted by Gasteiger charge is -2.15. The quantitative estimate of drug-likeness (QED) is 0.501. The van der Waals surface area contributed by atoms with E-state index in [1.54, 1.807) is 12.1 Å². The Labute approximate surface area is 176 Å². The van der Waals surface area contributed by atoms with Crippen LogP contribution in [0.25, 0.3) is 11.1 Å². The molecule has 0 atom stereocenters. The van der Waals surface area contributed by atoms with Crippen molar-refractivity contribution in [1.29, 1.82) is 0 Å². The minimum Gasteiger partial charge on any atom is -0.487 e. The number of pyridine rings is 1. The summed E-state index contributed by atoms with van der Waals surface area (Å²) in [6.45, 7) is 6.22. The fourth-order valence-corrected chi connectivity index (χ4v) is 3.37. The Morgan fingerprint density at radius 3 is 2.52 bits per heavy atom. The average Bonchev–Trinajstić information content (AvgIpc) is 2.69. The van der Waals surface area contributed by atoms with E-state index in [1.807, 2.05) is 50.2 Å². The van der Waals surface area contributed by atoms with Crippen molar-refractivity contribution in [2.45, 2.75) is 40.2 Å². The average molecular weight is 410 g/mol. The van der Waals surface area contributed by atoms with E-state index in [-0.39, 0.29) is 12.2 Å². The molecule has 3 aromatic rings. The predicted molar refractivity (Wildman–Crippen MR) is 116 cm³/mol. The normalized spacial score (nSPS) is 10.8. The van der Waals surface area contributed by atoms with E-state index in [2.05, 4.69) is 6.92 Å². The Bertz CT molecular complexity index is 1050. The van der Waals surface area contributed by atoms with Crippen molar-refractivity contribution in [1.82, 2.24) is 4.98 Å². The molecule has 0 aliphatic carbocycles. The number of ether oxygens (including phenoxy) is 1. The zero-order valence-electron chi connectivity index (χ0n) is 16.8. The van der Waals surface area contributed by atoms with Crippen LogP contribution in [-0.4, -0.2) is 16.1 Å². The van der Waals surface area contributed by atoms with Crippen LogP contribution in [0.2, 0.25) is 5.02 Å². The zero-order valence-corrected chi connectivity index (χ0v) is 17.6. The molecule has 150 valence electrons. The molecule has 1 heterocycles. The highest BCUT2D eigenvalue weighted by Crippen LogP contribution is 2.29. The molecule has 1 N–H and O–H groups in total. The summed E-state index contributed by atoms with van der Waals surface area (Å²) in [6.07, 6.45) is 1.63. The van der Waals surface area contributed by atoms with Gasteiger partial charge in [0, 0.05) is 16.3 Å². The summed E-state index contributed by atoms with van der Waals surface area (Å²) >= 11 is 6.14. The van der Waals surface area contributed by atoms with Gasteiger partial charge in [0.25, 0.3) is 0 Å². The minimum absolute atomic E-state index is 0.0939. The summed E-state index contributed by atoms with van der Waals surface area (Å²) in [5.74, 6) is -0.329. The molecule has 0 bridgehead atoms. The molecule has 5 heteroatoms. The third kappa shape index (κ3) is 4.96. The smallest absolute Gasteiger partial charge is 0.337 e. The van der Waals surface area contributed by atoms with E-state index < -0.39 is 5.97 Å². The van der Waals surface area contributed by atoms with Gasteiger partial charge in [0.15, 0.2) is 0 Å². The largest absolute Gasteiger partial charge is 0.487 e. The Morgan fingerprint density at radius 1 is 1.07 bits per heavy atom. The van der Waals surface area contributed by atoms with E-state index in [0.29, 0.717) is 16.5 Å². The number of aromatic carboxylic acids is 1. The maximum absolute atomic E-state index is 11.9. The monoisotopic (exact) mass is 409 g/mol. The third-order valence-electron chi connectivity index (χ3n) is 4.89. The maximum Gasteiger partial charge on any atom is 0.337 e. The van der Waals surface area contributed by atoms with E-state index in [1.165, 1.54) is 5.56 Å². The Kier molecular flexibility index (Phi) is 6.55. The second-order valence-corrected chi connectivity index (χ2v) is 7.51. The van der Waals surface area contributed by atoms with Gasteiger partial charge < -0.3 is 9.84 Å². The van der Waals surface area contributed by atoms with Crippen LogP contribution in [0.15, 0.2) is 48.5 Å². The Hall–Kier alpha value is -2.85. The second-order valence-electron chi connectivity index (χ2n) is 7.08. The van der Waals surface area contributed by atoms with Gasteiger partial charge in [0.05, 0.1) is 11.3 Å². The van der Waals surface area contributed by atoms with Crippen LogP contribution < -0.4 is 4.74 Å². The molecule has 0 saturated heterocycles. The first kappa shape index (κ1) is 20.9. The summed E-state index contributed by atoms with van der Waals surface area (Å²) in [5.41, 5.74) is 5.36. The number of rotatable bonds is 7. The summed E-state index contributed by atoms with van der Waals surface area (Å²) < 4.78 is 5.87. The van der Waals surface area contributed by atoms with Gasteiger partial charge in [-0.15, -0.1) is 0 Å². The Balaban J connectivity index is 2.00. The van der Waals surface area contributed by atoms with Crippen LogP contribution >= 0.6 is 11.6 Å². The Morgan fingerprint density at radius 2 is 1.86 bits per heavy atom. The minimum atomic E-state index is -1.03. The summed E-state index contributed by atoms with van der Waals surface area (Å²) in [7, 11) is 0. The van der Waals surface area contributed by atoms with Crippen LogP contribution in [0.1, 0.15) is 46.2 Å². The third-order valence-corrected chi connectivity index (χ3v) is 5.12. The number of hydrogen-bond acceptors (Lipinski definition) is 3. The van der Waals surface area contributed by atoms with Crippen LogP contribution in [0.4, 0.5) is 0 Å². The van der Waals surface area contributed by atoms with Crippen LogP contribution in [0.3, 0.4) is 0 Å². The fraction of sp³-hybridized carbons (Fsp3) is 0.250. The SMILES string of the molecule is CCCc1nc(COc2ccc(C)c(C)c2)c(C(=O)O)cc1-c1cccc(Cl)c1. The molecular weight excluding hydrogens is 386 g/mol. The lowest BCUT2D eigenvalue weighted by atomic mass is 9.98. The molecule has 1 aromatic heterocycles. The molecule has 0 saturated carbocycles. The van der Waals surface area contributed by atoms with Gasteiger partial charge in [-0.2, -0.15) is 0 Å². The van der Waals surface area contributed by atoms with Crippen molar-refractivity contribution in [2.24, 2.45) is 0 Å². The zero-order chi connectivity index (χ0) is 21.0. The van der Waals surface area contributed by atoms with Gasteiger partial charge in [-0.3, -0.25) is 4.98 Å². The molecule has 0 amide bonds. The number of benzene rings is 2. The molecule has 0 fully saturated rings. The van der Waals surface area contributed by atoms with Crippen molar-refractivity contribution < 1.29 is 14.6 Å². The number of hydrogen-bond donors (Lipinski definition) is 1. The van der Waals surface area contributed by atoms with Crippen molar-refractivity contribution >= 4 is 17.6 Å². The highest BCUT2D eigenvalue weighted by molar-refractivity contribution is 6.30. The first-order valence-electron chi connectivity index (χ1n) is 9.61. The predicted octanol–water partition coefficient (Wildman–Crippen LogP) is 6.25. The van der Waals surface area contributed by atoms with Crippen molar-refractivity contribution in [2.75, 3.05) is 0 Å². The van der Waals surface area contributed by atoms with Crippen molar-refractivity contribution in [3.63, 3.8) is 0 Å². The first-order valence-corrected chi connectivity index (χ1v) is 9.99. The molecule has 0 aliphatic heterocycles. The standard InChI is InChI=1S/C24H24ClNO3/c1-4-6-22-20(17-7-5-8-18(25)12-17)13-21(24(27)28)23(26-22)14-29-19-10-9-15(2)16(3)11-19/h5,7-13H,4,6,14H2,1-3H3,(H,27,28). The number of aryl methyl sites for hydroxylation is 3. The number of nitrogens with zero attached hydrogens (tertiary/aromatic N) is 1. The number of aromatic nitrogens is 1. The first-order chi connectivity index (χ1) is 13.9. The lowest BCUT2D eigenvalue weighted by molar-refractivity contribution is 0.0693. The molecule has 0 aliphatic rings. The molecule has 2 aromatic carbocycles. The van der Waals surface area contributed by atoms with Crippen LogP contribution in [0, 0.1) is 13.8 Å².